The fourth-order valence-electron chi connectivity index (χ4n) is 2.51. The number of nitrogens with two attached hydrogens (primary N) is 1. The third kappa shape index (κ3) is 1.69. The predicted octanol–water partition coefficient (Wildman–Crippen LogP) is 1.55. The highest BCUT2D eigenvalue weighted by Crippen LogP contribution is 2.24. The lowest BCUT2D eigenvalue weighted by Crippen LogP contribution is -2.39. The van der Waals surface area contributed by atoms with E-state index in [-0.39, 0.29) is 5.56 Å². The average Bonchev–Trinajstić information content (AvgIpc) is 2.62. The SMILES string of the molecule is CCn1c2c(cc(C(C)(C)N)c1=O)CCC2. The zero-order chi connectivity index (χ0) is 11.9. The van der Waals surface area contributed by atoms with Crippen molar-refractivity contribution in [2.75, 3.05) is 0 Å². The number of aryl methyl sites for hydroxylation is 1. The first-order chi connectivity index (χ1) is 7.45. The Balaban J connectivity index is 2.71. The largest absolute Gasteiger partial charge is 0.322 e. The van der Waals surface area contributed by atoms with Gasteiger partial charge in [0.25, 0.3) is 5.56 Å². The molecule has 0 fully saturated rings. The third-order valence-corrected chi connectivity index (χ3v) is 3.36. The van der Waals surface area contributed by atoms with Gasteiger partial charge in [-0.1, -0.05) is 0 Å². The fourth-order valence-corrected chi connectivity index (χ4v) is 2.51. The second kappa shape index (κ2) is 3.74. The summed E-state index contributed by atoms with van der Waals surface area (Å²) >= 11 is 0. The Bertz CT molecular complexity index is 466. The van der Waals surface area contributed by atoms with E-state index in [1.165, 1.54) is 11.3 Å². The molecule has 0 aliphatic heterocycles. The maximum absolute atomic E-state index is 12.3. The molecule has 16 heavy (non-hydrogen) atoms. The first-order valence-electron chi connectivity index (χ1n) is 6.00. The van der Waals surface area contributed by atoms with Gasteiger partial charge in [0.15, 0.2) is 0 Å². The number of pyridine rings is 1. The summed E-state index contributed by atoms with van der Waals surface area (Å²) in [7, 11) is 0. The van der Waals surface area contributed by atoms with Gasteiger partial charge in [-0.15, -0.1) is 0 Å². The normalized spacial score (nSPS) is 15.2. The Kier molecular flexibility index (Phi) is 2.66. The van der Waals surface area contributed by atoms with Crippen LogP contribution >= 0.6 is 0 Å². The quantitative estimate of drug-likeness (QED) is 0.822. The van der Waals surface area contributed by atoms with E-state index in [9.17, 15) is 4.79 Å². The maximum Gasteiger partial charge on any atom is 0.255 e. The molecule has 0 unspecified atom stereocenters. The van der Waals surface area contributed by atoms with E-state index in [4.69, 9.17) is 5.73 Å². The summed E-state index contributed by atoms with van der Waals surface area (Å²) in [4.78, 5) is 12.3. The molecule has 88 valence electrons. The van der Waals surface area contributed by atoms with Gasteiger partial charge in [-0.05, 0) is 51.7 Å². The van der Waals surface area contributed by atoms with E-state index in [2.05, 4.69) is 0 Å². The Morgan fingerprint density at radius 2 is 2.12 bits per heavy atom. The lowest BCUT2D eigenvalue weighted by molar-refractivity contribution is 0.531. The van der Waals surface area contributed by atoms with Crippen LogP contribution in [0.25, 0.3) is 0 Å². The van der Waals surface area contributed by atoms with Crippen LogP contribution in [0.15, 0.2) is 10.9 Å². The van der Waals surface area contributed by atoms with Gasteiger partial charge in [-0.3, -0.25) is 4.79 Å². The summed E-state index contributed by atoms with van der Waals surface area (Å²) in [6.45, 7) is 6.55. The molecule has 2 rings (SSSR count). The van der Waals surface area contributed by atoms with Crippen molar-refractivity contribution in [3.8, 4) is 0 Å². The summed E-state index contributed by atoms with van der Waals surface area (Å²) in [5, 5.41) is 0. The van der Waals surface area contributed by atoms with Crippen molar-refractivity contribution in [1.82, 2.24) is 4.57 Å². The van der Waals surface area contributed by atoms with Gasteiger partial charge < -0.3 is 10.3 Å². The standard InChI is InChI=1S/C13H20N2O/c1-4-15-11-7-5-6-9(11)8-10(12(15)16)13(2,3)14/h8H,4-7,14H2,1-3H3. The number of fused-ring (bicyclic) bond motifs is 1. The lowest BCUT2D eigenvalue weighted by Gasteiger charge is -2.21. The first kappa shape index (κ1) is 11.4. The molecular formula is C13H20N2O. The van der Waals surface area contributed by atoms with Crippen LogP contribution in [-0.4, -0.2) is 4.57 Å². The predicted molar refractivity (Wildman–Crippen MR) is 65.6 cm³/mol. The molecule has 3 nitrogen and oxygen atoms in total. The number of hydrogen-bond acceptors (Lipinski definition) is 2. The summed E-state index contributed by atoms with van der Waals surface area (Å²) in [6, 6.07) is 2.02. The van der Waals surface area contributed by atoms with Crippen molar-refractivity contribution in [1.29, 1.82) is 0 Å². The van der Waals surface area contributed by atoms with Gasteiger partial charge in [0.2, 0.25) is 0 Å². The van der Waals surface area contributed by atoms with E-state index in [1.807, 2.05) is 31.4 Å². The zero-order valence-corrected chi connectivity index (χ0v) is 10.3. The van der Waals surface area contributed by atoms with E-state index in [0.29, 0.717) is 0 Å². The second-order valence-electron chi connectivity index (χ2n) is 5.15. The van der Waals surface area contributed by atoms with Crippen LogP contribution in [0.2, 0.25) is 0 Å². The minimum Gasteiger partial charge on any atom is -0.322 e. The molecule has 1 aliphatic rings. The molecule has 1 aromatic heterocycles. The van der Waals surface area contributed by atoms with Gasteiger partial charge in [0.05, 0.1) is 0 Å². The molecule has 3 heteroatoms. The van der Waals surface area contributed by atoms with Crippen LogP contribution in [0.5, 0.6) is 0 Å². The Morgan fingerprint density at radius 3 is 2.69 bits per heavy atom. The van der Waals surface area contributed by atoms with Crippen LogP contribution in [0.4, 0.5) is 0 Å². The van der Waals surface area contributed by atoms with E-state index >= 15 is 0 Å². The molecule has 0 bridgehead atoms. The zero-order valence-electron chi connectivity index (χ0n) is 10.3. The molecule has 0 radical (unpaired) electrons. The molecule has 0 saturated heterocycles. The van der Waals surface area contributed by atoms with Crippen molar-refractivity contribution in [2.24, 2.45) is 5.73 Å². The monoisotopic (exact) mass is 220 g/mol. The summed E-state index contributed by atoms with van der Waals surface area (Å²) in [5.41, 5.74) is 8.89. The van der Waals surface area contributed by atoms with Crippen molar-refractivity contribution >= 4 is 0 Å². The van der Waals surface area contributed by atoms with Gasteiger partial charge in [0, 0.05) is 23.3 Å². The number of hydrogen-bond donors (Lipinski definition) is 1. The van der Waals surface area contributed by atoms with Crippen molar-refractivity contribution in [3.63, 3.8) is 0 Å². The van der Waals surface area contributed by atoms with Crippen LogP contribution < -0.4 is 11.3 Å². The molecule has 0 spiro atoms. The summed E-state index contributed by atoms with van der Waals surface area (Å²) < 4.78 is 1.90. The minimum atomic E-state index is -0.550. The lowest BCUT2D eigenvalue weighted by atomic mass is 9.95. The average molecular weight is 220 g/mol. The third-order valence-electron chi connectivity index (χ3n) is 3.36. The fraction of sp³-hybridized carbons (Fsp3) is 0.615. The highest BCUT2D eigenvalue weighted by Gasteiger charge is 2.24. The smallest absolute Gasteiger partial charge is 0.255 e. The van der Waals surface area contributed by atoms with E-state index in [1.54, 1.807) is 0 Å². The Morgan fingerprint density at radius 1 is 1.44 bits per heavy atom. The van der Waals surface area contributed by atoms with Crippen molar-refractivity contribution in [2.45, 2.75) is 52.1 Å². The Hall–Kier alpha value is -1.09. The highest BCUT2D eigenvalue weighted by atomic mass is 16.1. The van der Waals surface area contributed by atoms with Gasteiger partial charge in [-0.25, -0.2) is 0 Å². The van der Waals surface area contributed by atoms with Crippen molar-refractivity contribution < 1.29 is 0 Å². The molecule has 1 aromatic rings. The number of rotatable bonds is 2. The molecule has 0 saturated carbocycles. The highest BCUT2D eigenvalue weighted by molar-refractivity contribution is 5.33. The molecule has 0 amide bonds. The van der Waals surface area contributed by atoms with Crippen LogP contribution in [0, 0.1) is 0 Å². The molecule has 1 aliphatic carbocycles. The number of nitrogens with zero attached hydrogens (tertiary/aromatic N) is 1. The minimum absolute atomic E-state index is 0.0932. The maximum atomic E-state index is 12.3. The van der Waals surface area contributed by atoms with Crippen LogP contribution in [-0.2, 0) is 24.9 Å². The van der Waals surface area contributed by atoms with Crippen molar-refractivity contribution in [3.05, 3.63) is 33.2 Å². The summed E-state index contributed by atoms with van der Waals surface area (Å²) in [5.74, 6) is 0. The topological polar surface area (TPSA) is 48.0 Å². The molecule has 0 atom stereocenters. The summed E-state index contributed by atoms with van der Waals surface area (Å²) in [6.07, 6.45) is 3.27. The van der Waals surface area contributed by atoms with Gasteiger partial charge >= 0.3 is 0 Å². The van der Waals surface area contributed by atoms with Gasteiger partial charge in [0.1, 0.15) is 0 Å². The van der Waals surface area contributed by atoms with E-state index in [0.717, 1.165) is 31.4 Å². The second-order valence-corrected chi connectivity index (χ2v) is 5.15. The van der Waals surface area contributed by atoms with Crippen LogP contribution in [0.1, 0.15) is 44.0 Å². The van der Waals surface area contributed by atoms with E-state index < -0.39 is 5.54 Å². The first-order valence-corrected chi connectivity index (χ1v) is 6.00. The molecule has 0 aromatic carbocycles. The van der Waals surface area contributed by atoms with Gasteiger partial charge in [-0.2, -0.15) is 0 Å². The Labute approximate surface area is 96.3 Å². The molecule has 1 heterocycles. The molecule has 2 N–H and O–H groups in total. The van der Waals surface area contributed by atoms with Crippen LogP contribution in [0.3, 0.4) is 0 Å². The number of aromatic nitrogens is 1. The molecular weight excluding hydrogens is 200 g/mol.